The van der Waals surface area contributed by atoms with Crippen molar-refractivity contribution < 1.29 is 4.39 Å². The van der Waals surface area contributed by atoms with Crippen molar-refractivity contribution >= 4 is 33.6 Å². The highest BCUT2D eigenvalue weighted by Crippen LogP contribution is 2.34. The van der Waals surface area contributed by atoms with E-state index < -0.39 is 0 Å². The van der Waals surface area contributed by atoms with E-state index in [4.69, 9.17) is 0 Å². The summed E-state index contributed by atoms with van der Waals surface area (Å²) in [4.78, 5) is 9.94. The summed E-state index contributed by atoms with van der Waals surface area (Å²) in [6.45, 7) is 0. The second kappa shape index (κ2) is 6.77. The molecule has 5 aromatic rings. The third-order valence-corrected chi connectivity index (χ3v) is 5.65. The summed E-state index contributed by atoms with van der Waals surface area (Å²) in [7, 11) is 0. The summed E-state index contributed by atoms with van der Waals surface area (Å²) in [5, 5.41) is 1.74. The maximum Gasteiger partial charge on any atom is 0.174 e. The molecule has 5 rings (SSSR count). The van der Waals surface area contributed by atoms with Crippen molar-refractivity contribution in [1.29, 1.82) is 0 Å². The molecular weight excluding hydrogens is 369 g/mol. The third-order valence-electron chi connectivity index (χ3n) is 4.90. The van der Waals surface area contributed by atoms with E-state index in [-0.39, 0.29) is 5.82 Å². The van der Waals surface area contributed by atoms with Crippen molar-refractivity contribution in [2.24, 2.45) is 0 Å². The molecule has 0 spiro atoms. The van der Waals surface area contributed by atoms with Gasteiger partial charge < -0.3 is 4.57 Å². The van der Waals surface area contributed by atoms with Crippen LogP contribution >= 0.6 is 11.8 Å². The fourth-order valence-electron chi connectivity index (χ4n) is 3.52. The Balaban J connectivity index is 1.84. The summed E-state index contributed by atoms with van der Waals surface area (Å²) < 4.78 is 17.7. The SMILES string of the molecule is CSc1ccc(-c2nc3ccccc3c(-n3ccc4cnccc43)c2F)cc1. The van der Waals surface area contributed by atoms with Crippen molar-refractivity contribution in [2.75, 3.05) is 6.26 Å². The van der Waals surface area contributed by atoms with Crippen molar-refractivity contribution in [3.8, 4) is 16.9 Å². The number of hydrogen-bond acceptors (Lipinski definition) is 3. The number of hydrogen-bond donors (Lipinski definition) is 0. The van der Waals surface area contributed by atoms with Crippen molar-refractivity contribution in [1.82, 2.24) is 14.5 Å². The van der Waals surface area contributed by atoms with E-state index in [1.165, 1.54) is 0 Å². The molecule has 0 aliphatic heterocycles. The predicted molar refractivity (Wildman–Crippen MR) is 114 cm³/mol. The molecule has 3 aromatic heterocycles. The fraction of sp³-hybridized carbons (Fsp3) is 0.0435. The molecule has 0 bridgehead atoms. The zero-order chi connectivity index (χ0) is 19.1. The van der Waals surface area contributed by atoms with Gasteiger partial charge in [0.15, 0.2) is 5.82 Å². The highest BCUT2D eigenvalue weighted by molar-refractivity contribution is 7.98. The van der Waals surface area contributed by atoms with Crippen LogP contribution in [0.15, 0.2) is 84.1 Å². The molecule has 0 radical (unpaired) electrons. The Labute approximate surface area is 165 Å². The monoisotopic (exact) mass is 385 g/mol. The number of nitrogens with zero attached hydrogens (tertiary/aromatic N) is 3. The molecule has 3 nitrogen and oxygen atoms in total. The van der Waals surface area contributed by atoms with Gasteiger partial charge in [-0.1, -0.05) is 30.3 Å². The minimum Gasteiger partial charge on any atom is -0.313 e. The minimum atomic E-state index is -0.329. The Hall–Kier alpha value is -3.18. The van der Waals surface area contributed by atoms with Gasteiger partial charge in [-0.2, -0.15) is 0 Å². The first-order chi connectivity index (χ1) is 13.8. The molecule has 2 aromatic carbocycles. The highest BCUT2D eigenvalue weighted by atomic mass is 32.2. The molecule has 0 atom stereocenters. The lowest BCUT2D eigenvalue weighted by atomic mass is 10.1. The molecule has 0 N–H and O–H groups in total. The van der Waals surface area contributed by atoms with Gasteiger partial charge in [0.05, 0.1) is 16.7 Å². The standard InChI is InChI=1S/C23H16FN3S/c1-28-17-8-6-15(7-9-17)22-21(24)23(18-4-2-3-5-19(18)26-22)27-13-11-16-14-25-12-10-20(16)27/h2-14H,1H3. The van der Waals surface area contributed by atoms with Crippen molar-refractivity contribution in [3.05, 3.63) is 85.1 Å². The largest absolute Gasteiger partial charge is 0.313 e. The average Bonchev–Trinajstić information content (AvgIpc) is 3.17. The van der Waals surface area contributed by atoms with Gasteiger partial charge >= 0.3 is 0 Å². The molecule has 5 heteroatoms. The molecule has 0 amide bonds. The molecule has 0 aliphatic carbocycles. The zero-order valence-corrected chi connectivity index (χ0v) is 15.9. The Bertz CT molecular complexity index is 1310. The number of aromatic nitrogens is 3. The zero-order valence-electron chi connectivity index (χ0n) is 15.1. The second-order valence-electron chi connectivity index (χ2n) is 6.49. The Kier molecular flexibility index (Phi) is 4.10. The Morgan fingerprint density at radius 1 is 0.964 bits per heavy atom. The summed E-state index contributed by atoms with van der Waals surface area (Å²) in [6.07, 6.45) is 7.42. The smallest absolute Gasteiger partial charge is 0.174 e. The van der Waals surface area contributed by atoms with Crippen LogP contribution < -0.4 is 0 Å². The molecule has 28 heavy (non-hydrogen) atoms. The van der Waals surface area contributed by atoms with Gasteiger partial charge in [0.1, 0.15) is 5.69 Å². The van der Waals surface area contributed by atoms with Crippen LogP contribution in [0.4, 0.5) is 4.39 Å². The number of halogens is 1. The lowest BCUT2D eigenvalue weighted by molar-refractivity contribution is 0.621. The highest BCUT2D eigenvalue weighted by Gasteiger charge is 2.19. The number of para-hydroxylation sites is 1. The van der Waals surface area contributed by atoms with E-state index in [2.05, 4.69) is 9.97 Å². The number of thioether (sulfide) groups is 1. The summed E-state index contributed by atoms with van der Waals surface area (Å²) in [5.74, 6) is -0.329. The van der Waals surface area contributed by atoms with Gasteiger partial charge in [0.25, 0.3) is 0 Å². The van der Waals surface area contributed by atoms with Crippen molar-refractivity contribution in [2.45, 2.75) is 4.90 Å². The van der Waals surface area contributed by atoms with Crippen LogP contribution in [0.5, 0.6) is 0 Å². The van der Waals surface area contributed by atoms with Gasteiger partial charge in [-0.15, -0.1) is 11.8 Å². The number of benzene rings is 2. The summed E-state index contributed by atoms with van der Waals surface area (Å²) >= 11 is 1.66. The minimum absolute atomic E-state index is 0.329. The number of pyridine rings is 2. The molecule has 0 unspecified atom stereocenters. The maximum atomic E-state index is 15.9. The molecular formula is C23H16FN3S. The summed E-state index contributed by atoms with van der Waals surface area (Å²) in [6, 6.07) is 19.4. The van der Waals surface area contributed by atoms with Crippen LogP contribution in [0.25, 0.3) is 38.8 Å². The first-order valence-corrected chi connectivity index (χ1v) is 10.1. The van der Waals surface area contributed by atoms with E-state index in [0.717, 1.165) is 32.3 Å². The van der Waals surface area contributed by atoms with E-state index in [9.17, 15) is 0 Å². The topological polar surface area (TPSA) is 30.7 Å². The molecule has 136 valence electrons. The third kappa shape index (κ3) is 2.67. The summed E-state index contributed by atoms with van der Waals surface area (Å²) in [5.41, 5.74) is 3.31. The quantitative estimate of drug-likeness (QED) is 0.352. The molecule has 3 heterocycles. The van der Waals surface area contributed by atoms with E-state index in [1.54, 1.807) is 24.2 Å². The molecule has 0 saturated carbocycles. The predicted octanol–water partition coefficient (Wildman–Crippen LogP) is 6.10. The van der Waals surface area contributed by atoms with Gasteiger partial charge in [0.2, 0.25) is 0 Å². The van der Waals surface area contributed by atoms with Gasteiger partial charge in [-0.25, -0.2) is 9.37 Å². The van der Waals surface area contributed by atoms with Crippen LogP contribution in [0, 0.1) is 5.82 Å². The van der Waals surface area contributed by atoms with Crippen LogP contribution in [0.3, 0.4) is 0 Å². The number of rotatable bonds is 3. The van der Waals surface area contributed by atoms with Gasteiger partial charge in [0, 0.05) is 39.8 Å². The van der Waals surface area contributed by atoms with E-state index in [1.807, 2.05) is 77.7 Å². The van der Waals surface area contributed by atoms with E-state index >= 15 is 4.39 Å². The fourth-order valence-corrected chi connectivity index (χ4v) is 3.93. The lowest BCUT2D eigenvalue weighted by Gasteiger charge is -2.14. The first-order valence-electron chi connectivity index (χ1n) is 8.90. The maximum absolute atomic E-state index is 15.9. The average molecular weight is 385 g/mol. The van der Waals surface area contributed by atoms with Crippen LogP contribution in [-0.2, 0) is 0 Å². The first kappa shape index (κ1) is 17.0. The normalized spacial score (nSPS) is 11.4. The molecule has 0 aliphatic rings. The van der Waals surface area contributed by atoms with Crippen LogP contribution in [-0.4, -0.2) is 20.8 Å². The molecule has 0 saturated heterocycles. The Morgan fingerprint density at radius 2 is 1.79 bits per heavy atom. The van der Waals surface area contributed by atoms with Gasteiger partial charge in [-0.05, 0) is 36.6 Å². The second-order valence-corrected chi connectivity index (χ2v) is 7.37. The van der Waals surface area contributed by atoms with Crippen LogP contribution in [0.1, 0.15) is 0 Å². The Morgan fingerprint density at radius 3 is 2.61 bits per heavy atom. The van der Waals surface area contributed by atoms with Crippen molar-refractivity contribution in [3.63, 3.8) is 0 Å². The van der Waals surface area contributed by atoms with E-state index in [0.29, 0.717) is 11.4 Å². The van der Waals surface area contributed by atoms with Gasteiger partial charge in [-0.3, -0.25) is 4.98 Å². The lowest BCUT2D eigenvalue weighted by Crippen LogP contribution is -2.02. The molecule has 0 fully saturated rings. The van der Waals surface area contributed by atoms with Crippen LogP contribution in [0.2, 0.25) is 0 Å². The number of fused-ring (bicyclic) bond motifs is 2.